The topological polar surface area (TPSA) is 74.3 Å². The number of rotatable bonds is 7. The van der Waals surface area contributed by atoms with Crippen molar-refractivity contribution >= 4 is 10.9 Å². The SMILES string of the molecule is O=c1ccc2c([C@@H](O)CNC3CCCc4ccccc43)ccc(OCc3ccccc3)c2[nH]1. The summed E-state index contributed by atoms with van der Waals surface area (Å²) in [6.45, 7) is 0.828. The van der Waals surface area contributed by atoms with E-state index >= 15 is 0 Å². The number of aliphatic hydroxyl groups excluding tert-OH is 1. The molecular formula is C28H28N2O3. The van der Waals surface area contributed by atoms with Crippen LogP contribution in [0.15, 0.2) is 83.7 Å². The van der Waals surface area contributed by atoms with E-state index in [2.05, 4.69) is 34.6 Å². The van der Waals surface area contributed by atoms with Crippen molar-refractivity contribution in [2.45, 2.75) is 38.0 Å². The third-order valence-corrected chi connectivity index (χ3v) is 6.41. The van der Waals surface area contributed by atoms with Gasteiger partial charge in [-0.2, -0.15) is 0 Å². The lowest BCUT2D eigenvalue weighted by molar-refractivity contribution is 0.169. The molecule has 3 aromatic carbocycles. The van der Waals surface area contributed by atoms with Crippen LogP contribution in [0.4, 0.5) is 0 Å². The summed E-state index contributed by atoms with van der Waals surface area (Å²) in [5.74, 6) is 0.594. The number of benzene rings is 3. The maximum atomic E-state index is 12.1. The summed E-state index contributed by atoms with van der Waals surface area (Å²) in [7, 11) is 0. The summed E-state index contributed by atoms with van der Waals surface area (Å²) >= 11 is 0. The van der Waals surface area contributed by atoms with Gasteiger partial charge in [-0.3, -0.25) is 4.79 Å². The second kappa shape index (κ2) is 9.61. The molecule has 3 N–H and O–H groups in total. The normalized spacial score (nSPS) is 16.3. The number of aryl methyl sites for hydroxylation is 1. The van der Waals surface area contributed by atoms with Gasteiger partial charge in [0.15, 0.2) is 0 Å². The highest BCUT2D eigenvalue weighted by Gasteiger charge is 2.21. The molecule has 5 heteroatoms. The first-order valence-corrected chi connectivity index (χ1v) is 11.5. The van der Waals surface area contributed by atoms with Gasteiger partial charge < -0.3 is 20.1 Å². The van der Waals surface area contributed by atoms with Crippen LogP contribution in [0, 0.1) is 0 Å². The number of pyridine rings is 1. The summed E-state index contributed by atoms with van der Waals surface area (Å²) in [6, 6.07) is 25.6. The lowest BCUT2D eigenvalue weighted by Crippen LogP contribution is -2.29. The number of hydrogen-bond donors (Lipinski definition) is 3. The fourth-order valence-corrected chi connectivity index (χ4v) is 4.72. The van der Waals surface area contributed by atoms with E-state index in [-0.39, 0.29) is 11.6 Å². The molecule has 168 valence electrons. The first-order chi connectivity index (χ1) is 16.2. The number of H-pyrrole nitrogens is 1. The third kappa shape index (κ3) is 4.70. The first kappa shape index (κ1) is 21.4. The van der Waals surface area contributed by atoms with Crippen LogP contribution in [0.25, 0.3) is 10.9 Å². The van der Waals surface area contributed by atoms with E-state index in [1.165, 1.54) is 17.2 Å². The molecule has 0 saturated heterocycles. The van der Waals surface area contributed by atoms with Crippen LogP contribution in [0.3, 0.4) is 0 Å². The van der Waals surface area contributed by atoms with Crippen LogP contribution >= 0.6 is 0 Å². The van der Waals surface area contributed by atoms with Gasteiger partial charge in [0, 0.05) is 24.0 Å². The molecule has 33 heavy (non-hydrogen) atoms. The Morgan fingerprint density at radius 1 is 1.00 bits per heavy atom. The Balaban J connectivity index is 1.36. The molecule has 2 atom stereocenters. The quantitative estimate of drug-likeness (QED) is 0.386. The molecule has 0 saturated carbocycles. The van der Waals surface area contributed by atoms with Crippen LogP contribution in [-0.2, 0) is 13.0 Å². The minimum Gasteiger partial charge on any atom is -0.487 e. The summed E-state index contributed by atoms with van der Waals surface area (Å²) in [5.41, 5.74) is 4.94. The van der Waals surface area contributed by atoms with Crippen molar-refractivity contribution in [1.29, 1.82) is 0 Å². The van der Waals surface area contributed by atoms with Crippen molar-refractivity contribution in [2.24, 2.45) is 0 Å². The van der Waals surface area contributed by atoms with Crippen LogP contribution < -0.4 is 15.6 Å². The molecule has 0 spiro atoms. The van der Waals surface area contributed by atoms with Crippen molar-refractivity contribution in [1.82, 2.24) is 10.3 Å². The highest BCUT2D eigenvalue weighted by molar-refractivity contribution is 5.87. The zero-order valence-electron chi connectivity index (χ0n) is 18.5. The van der Waals surface area contributed by atoms with Crippen molar-refractivity contribution in [2.75, 3.05) is 6.54 Å². The van der Waals surface area contributed by atoms with E-state index in [0.717, 1.165) is 35.8 Å². The van der Waals surface area contributed by atoms with Gasteiger partial charge in [-0.05, 0) is 53.6 Å². The highest BCUT2D eigenvalue weighted by Crippen LogP contribution is 2.32. The second-order valence-electron chi connectivity index (χ2n) is 8.61. The molecule has 1 unspecified atom stereocenters. The number of aliphatic hydroxyl groups is 1. The van der Waals surface area contributed by atoms with E-state index in [9.17, 15) is 9.90 Å². The minimum atomic E-state index is -0.712. The van der Waals surface area contributed by atoms with Crippen LogP contribution in [0.2, 0.25) is 0 Å². The molecular weight excluding hydrogens is 412 g/mol. The largest absolute Gasteiger partial charge is 0.487 e. The zero-order chi connectivity index (χ0) is 22.6. The Kier molecular flexibility index (Phi) is 6.24. The minimum absolute atomic E-state index is 0.198. The Morgan fingerprint density at radius 2 is 1.82 bits per heavy atom. The number of ether oxygens (including phenoxy) is 1. The summed E-state index contributed by atoms with van der Waals surface area (Å²) in [6.07, 6.45) is 2.60. The van der Waals surface area contributed by atoms with Gasteiger partial charge in [-0.15, -0.1) is 0 Å². The molecule has 4 aromatic rings. The van der Waals surface area contributed by atoms with Crippen molar-refractivity contribution in [3.63, 3.8) is 0 Å². The van der Waals surface area contributed by atoms with Gasteiger partial charge in [0.1, 0.15) is 12.4 Å². The standard InChI is InChI=1S/C28H28N2O3/c31-25(17-29-24-12-6-10-20-9-4-5-11-21(20)24)22-13-15-26(28-23(22)14-16-27(32)30-28)33-18-19-7-2-1-3-8-19/h1-5,7-9,11,13-16,24-25,29,31H,6,10,12,17-18H2,(H,30,32)/t24?,25-/m0/s1. The van der Waals surface area contributed by atoms with Crippen molar-refractivity contribution in [3.8, 4) is 5.75 Å². The van der Waals surface area contributed by atoms with Gasteiger partial charge in [0.2, 0.25) is 5.56 Å². The summed E-state index contributed by atoms with van der Waals surface area (Å²) < 4.78 is 6.02. The molecule has 0 amide bonds. The molecule has 5 rings (SSSR count). The highest BCUT2D eigenvalue weighted by atomic mass is 16.5. The average Bonchev–Trinajstić information content (AvgIpc) is 2.86. The fourth-order valence-electron chi connectivity index (χ4n) is 4.72. The van der Waals surface area contributed by atoms with Crippen LogP contribution in [-0.4, -0.2) is 16.6 Å². The molecule has 0 fully saturated rings. The van der Waals surface area contributed by atoms with Gasteiger partial charge in [-0.25, -0.2) is 0 Å². The van der Waals surface area contributed by atoms with E-state index in [1.807, 2.05) is 42.5 Å². The maximum Gasteiger partial charge on any atom is 0.248 e. The number of aromatic nitrogens is 1. The number of aromatic amines is 1. The Morgan fingerprint density at radius 3 is 2.70 bits per heavy atom. The Bertz CT molecular complexity index is 1300. The monoisotopic (exact) mass is 440 g/mol. The molecule has 1 heterocycles. The van der Waals surface area contributed by atoms with Crippen molar-refractivity contribution in [3.05, 3.63) is 111 Å². The second-order valence-corrected chi connectivity index (χ2v) is 8.61. The van der Waals surface area contributed by atoms with E-state index in [1.54, 1.807) is 6.07 Å². The van der Waals surface area contributed by atoms with Gasteiger partial charge in [0.05, 0.1) is 11.6 Å². The van der Waals surface area contributed by atoms with Gasteiger partial charge in [0.25, 0.3) is 0 Å². The predicted octanol–water partition coefficient (Wildman–Crippen LogP) is 4.81. The zero-order valence-corrected chi connectivity index (χ0v) is 18.5. The van der Waals surface area contributed by atoms with Crippen LogP contribution in [0.1, 0.15) is 47.2 Å². The fraction of sp³-hybridized carbons (Fsp3) is 0.250. The van der Waals surface area contributed by atoms with E-state index in [4.69, 9.17) is 4.74 Å². The first-order valence-electron chi connectivity index (χ1n) is 11.5. The number of hydrogen-bond acceptors (Lipinski definition) is 4. The number of nitrogens with one attached hydrogen (secondary N) is 2. The molecule has 1 aromatic heterocycles. The molecule has 0 bridgehead atoms. The average molecular weight is 441 g/mol. The Hall–Kier alpha value is -3.41. The van der Waals surface area contributed by atoms with E-state index < -0.39 is 6.10 Å². The third-order valence-electron chi connectivity index (χ3n) is 6.41. The smallest absolute Gasteiger partial charge is 0.248 e. The van der Waals surface area contributed by atoms with Crippen molar-refractivity contribution < 1.29 is 9.84 Å². The summed E-state index contributed by atoms with van der Waals surface area (Å²) in [5, 5.41) is 15.4. The lowest BCUT2D eigenvalue weighted by atomic mass is 9.87. The molecule has 1 aliphatic carbocycles. The lowest BCUT2D eigenvalue weighted by Gasteiger charge is -2.27. The molecule has 5 nitrogen and oxygen atoms in total. The van der Waals surface area contributed by atoms with Gasteiger partial charge >= 0.3 is 0 Å². The van der Waals surface area contributed by atoms with Gasteiger partial charge in [-0.1, -0.05) is 60.7 Å². The maximum absolute atomic E-state index is 12.1. The summed E-state index contributed by atoms with van der Waals surface area (Å²) in [4.78, 5) is 15.0. The van der Waals surface area contributed by atoms with Crippen LogP contribution in [0.5, 0.6) is 5.75 Å². The predicted molar refractivity (Wildman–Crippen MR) is 130 cm³/mol. The number of fused-ring (bicyclic) bond motifs is 2. The Labute approximate surface area is 193 Å². The molecule has 0 radical (unpaired) electrons. The van der Waals surface area contributed by atoms with E-state index in [0.29, 0.717) is 24.4 Å². The molecule has 1 aliphatic rings. The molecule has 0 aliphatic heterocycles.